The van der Waals surface area contributed by atoms with Gasteiger partial charge < -0.3 is 9.80 Å². The van der Waals surface area contributed by atoms with Crippen LogP contribution in [0.4, 0.5) is 5.82 Å². The van der Waals surface area contributed by atoms with E-state index in [1.165, 1.54) is 12.8 Å². The normalized spacial score (nSPS) is 21.2. The molecule has 0 spiro atoms. The van der Waals surface area contributed by atoms with Gasteiger partial charge in [0.25, 0.3) is 5.91 Å². The number of aromatic amines is 1. The first-order valence-electron chi connectivity index (χ1n) is 8.68. The molecule has 2 saturated heterocycles. The molecule has 0 saturated carbocycles. The molecule has 4 heterocycles. The van der Waals surface area contributed by atoms with Crippen molar-refractivity contribution in [2.75, 3.05) is 31.1 Å². The highest BCUT2D eigenvalue weighted by Gasteiger charge is 2.27. The zero-order valence-electron chi connectivity index (χ0n) is 13.7. The molecule has 24 heavy (non-hydrogen) atoms. The van der Waals surface area contributed by atoms with Gasteiger partial charge in [-0.15, -0.1) is 10.2 Å². The average molecular weight is 326 g/mol. The molecular weight excluding hydrogens is 304 g/mol. The lowest BCUT2D eigenvalue weighted by molar-refractivity contribution is 0.0698. The predicted molar refractivity (Wildman–Crippen MR) is 89.9 cm³/mol. The molecule has 0 aromatic carbocycles. The summed E-state index contributed by atoms with van der Waals surface area (Å²) in [6.07, 6.45) is 6.23. The summed E-state index contributed by atoms with van der Waals surface area (Å²) in [6.45, 7) is 3.54. The van der Waals surface area contributed by atoms with Crippen molar-refractivity contribution in [3.63, 3.8) is 0 Å². The number of hydrogen-bond acceptors (Lipinski definition) is 5. The van der Waals surface area contributed by atoms with Gasteiger partial charge in [-0.1, -0.05) is 0 Å². The van der Waals surface area contributed by atoms with Crippen LogP contribution in [0.1, 0.15) is 47.8 Å². The number of nitrogens with one attached hydrogen (secondary N) is 1. The molecule has 1 amide bonds. The van der Waals surface area contributed by atoms with Gasteiger partial charge in [0, 0.05) is 44.0 Å². The molecule has 1 unspecified atom stereocenters. The first-order valence-corrected chi connectivity index (χ1v) is 8.68. The molecule has 2 fully saturated rings. The van der Waals surface area contributed by atoms with E-state index in [0.717, 1.165) is 44.0 Å². The highest BCUT2D eigenvalue weighted by Crippen LogP contribution is 2.26. The lowest BCUT2D eigenvalue weighted by atomic mass is 9.95. The zero-order valence-corrected chi connectivity index (χ0v) is 13.7. The number of amides is 1. The minimum atomic E-state index is -0.0281. The molecule has 7 heteroatoms. The molecule has 1 N–H and O–H groups in total. The summed E-state index contributed by atoms with van der Waals surface area (Å²) in [5, 5.41) is 15.5. The SMILES string of the molecule is O=C(c1ccc(N2CCCC2)nn1)N1CCCC(c2ccn[nH]2)C1. The van der Waals surface area contributed by atoms with Gasteiger partial charge in [0.15, 0.2) is 11.5 Å². The van der Waals surface area contributed by atoms with Crippen LogP contribution in [0.3, 0.4) is 0 Å². The van der Waals surface area contributed by atoms with Gasteiger partial charge in [-0.05, 0) is 43.9 Å². The van der Waals surface area contributed by atoms with E-state index in [0.29, 0.717) is 18.2 Å². The maximum absolute atomic E-state index is 12.7. The lowest BCUT2D eigenvalue weighted by Crippen LogP contribution is -2.39. The third-order valence-corrected chi connectivity index (χ3v) is 4.97. The highest BCUT2D eigenvalue weighted by molar-refractivity contribution is 5.92. The number of anilines is 1. The zero-order chi connectivity index (χ0) is 16.4. The number of rotatable bonds is 3. The van der Waals surface area contributed by atoms with E-state index in [1.54, 1.807) is 6.20 Å². The Hall–Kier alpha value is -2.44. The summed E-state index contributed by atoms with van der Waals surface area (Å²) in [6, 6.07) is 5.72. The predicted octanol–water partition coefficient (Wildman–Crippen LogP) is 1.82. The molecule has 1 atom stereocenters. The third-order valence-electron chi connectivity index (χ3n) is 4.97. The van der Waals surface area contributed by atoms with Crippen LogP contribution in [-0.2, 0) is 0 Å². The van der Waals surface area contributed by atoms with E-state index in [9.17, 15) is 4.79 Å². The van der Waals surface area contributed by atoms with Gasteiger partial charge >= 0.3 is 0 Å². The van der Waals surface area contributed by atoms with Crippen LogP contribution in [-0.4, -0.2) is 57.4 Å². The average Bonchev–Trinajstić information content (AvgIpc) is 3.35. The highest BCUT2D eigenvalue weighted by atomic mass is 16.2. The van der Waals surface area contributed by atoms with Crippen molar-refractivity contribution in [2.24, 2.45) is 0 Å². The number of aromatic nitrogens is 4. The molecule has 2 aromatic rings. The summed E-state index contributed by atoms with van der Waals surface area (Å²) in [7, 11) is 0. The molecule has 2 aliphatic rings. The monoisotopic (exact) mass is 326 g/mol. The largest absolute Gasteiger partial charge is 0.355 e. The van der Waals surface area contributed by atoms with E-state index in [2.05, 4.69) is 25.3 Å². The van der Waals surface area contributed by atoms with E-state index in [1.807, 2.05) is 23.1 Å². The Kier molecular flexibility index (Phi) is 4.15. The number of carbonyl (C=O) groups is 1. The van der Waals surface area contributed by atoms with Crippen LogP contribution < -0.4 is 4.90 Å². The van der Waals surface area contributed by atoms with Crippen molar-refractivity contribution in [1.29, 1.82) is 0 Å². The van der Waals surface area contributed by atoms with Crippen LogP contribution in [0.2, 0.25) is 0 Å². The summed E-state index contributed by atoms with van der Waals surface area (Å²) >= 11 is 0. The fourth-order valence-corrected chi connectivity index (χ4v) is 3.63. The van der Waals surface area contributed by atoms with Gasteiger partial charge in [0.1, 0.15) is 0 Å². The molecule has 2 aliphatic heterocycles. The fraction of sp³-hybridized carbons (Fsp3) is 0.529. The van der Waals surface area contributed by atoms with Crippen molar-refractivity contribution < 1.29 is 4.79 Å². The smallest absolute Gasteiger partial charge is 0.274 e. The molecule has 0 radical (unpaired) electrons. The number of carbonyl (C=O) groups excluding carboxylic acids is 1. The fourth-order valence-electron chi connectivity index (χ4n) is 3.63. The number of piperidine rings is 1. The van der Waals surface area contributed by atoms with Gasteiger partial charge in [0.05, 0.1) is 0 Å². The second-order valence-corrected chi connectivity index (χ2v) is 6.57. The minimum absolute atomic E-state index is 0.0281. The Morgan fingerprint density at radius 3 is 2.67 bits per heavy atom. The Bertz CT molecular complexity index is 678. The molecule has 126 valence electrons. The minimum Gasteiger partial charge on any atom is -0.355 e. The number of likely N-dealkylation sites (tertiary alicyclic amines) is 1. The maximum atomic E-state index is 12.7. The standard InChI is InChI=1S/C17H22N6O/c24-17(15-5-6-16(21-20-15)22-9-1-2-10-22)23-11-3-4-13(12-23)14-7-8-18-19-14/h5-8,13H,1-4,9-12H2,(H,18,19). The summed E-state index contributed by atoms with van der Waals surface area (Å²) in [5.41, 5.74) is 1.53. The first-order chi connectivity index (χ1) is 11.8. The van der Waals surface area contributed by atoms with Crippen LogP contribution in [0.5, 0.6) is 0 Å². The second-order valence-electron chi connectivity index (χ2n) is 6.57. The molecular formula is C17H22N6O. The molecule has 0 aliphatic carbocycles. The van der Waals surface area contributed by atoms with E-state index < -0.39 is 0 Å². The Morgan fingerprint density at radius 1 is 1.08 bits per heavy atom. The second kappa shape index (κ2) is 6.59. The summed E-state index contributed by atoms with van der Waals surface area (Å²) < 4.78 is 0. The molecule has 7 nitrogen and oxygen atoms in total. The van der Waals surface area contributed by atoms with Gasteiger partial charge in [-0.3, -0.25) is 9.89 Å². The Balaban J connectivity index is 1.44. The van der Waals surface area contributed by atoms with Crippen molar-refractivity contribution in [3.8, 4) is 0 Å². The number of hydrogen-bond donors (Lipinski definition) is 1. The first kappa shape index (κ1) is 15.1. The van der Waals surface area contributed by atoms with Crippen molar-refractivity contribution in [3.05, 3.63) is 35.8 Å². The Morgan fingerprint density at radius 2 is 1.96 bits per heavy atom. The lowest BCUT2D eigenvalue weighted by Gasteiger charge is -2.32. The van der Waals surface area contributed by atoms with Crippen LogP contribution in [0.15, 0.2) is 24.4 Å². The van der Waals surface area contributed by atoms with Crippen molar-refractivity contribution in [2.45, 2.75) is 31.6 Å². The van der Waals surface area contributed by atoms with Crippen LogP contribution >= 0.6 is 0 Å². The molecule has 0 bridgehead atoms. The molecule has 2 aromatic heterocycles. The van der Waals surface area contributed by atoms with Crippen molar-refractivity contribution >= 4 is 11.7 Å². The number of H-pyrrole nitrogens is 1. The van der Waals surface area contributed by atoms with Crippen LogP contribution in [0.25, 0.3) is 0 Å². The summed E-state index contributed by atoms with van der Waals surface area (Å²) in [5.74, 6) is 1.17. The third kappa shape index (κ3) is 2.98. The number of nitrogens with zero attached hydrogens (tertiary/aromatic N) is 5. The van der Waals surface area contributed by atoms with Crippen molar-refractivity contribution in [1.82, 2.24) is 25.3 Å². The van der Waals surface area contributed by atoms with E-state index in [-0.39, 0.29) is 5.91 Å². The van der Waals surface area contributed by atoms with Gasteiger partial charge in [0.2, 0.25) is 0 Å². The quantitative estimate of drug-likeness (QED) is 0.931. The topological polar surface area (TPSA) is 78.0 Å². The van der Waals surface area contributed by atoms with E-state index in [4.69, 9.17) is 0 Å². The van der Waals surface area contributed by atoms with Crippen LogP contribution in [0, 0.1) is 0 Å². The maximum Gasteiger partial charge on any atom is 0.274 e. The van der Waals surface area contributed by atoms with Gasteiger partial charge in [-0.25, -0.2) is 0 Å². The Labute approximate surface area is 141 Å². The molecule has 4 rings (SSSR count). The summed E-state index contributed by atoms with van der Waals surface area (Å²) in [4.78, 5) is 16.8. The van der Waals surface area contributed by atoms with Gasteiger partial charge in [-0.2, -0.15) is 5.10 Å². The van der Waals surface area contributed by atoms with E-state index >= 15 is 0 Å².